The van der Waals surface area contributed by atoms with Gasteiger partial charge in [-0.3, -0.25) is 0 Å². The molecule has 4 heteroatoms. The van der Waals surface area contributed by atoms with Gasteiger partial charge in [0.25, 0.3) is 0 Å². The minimum atomic E-state index is -0.221. The maximum Gasteiger partial charge on any atom is 0.148 e. The summed E-state index contributed by atoms with van der Waals surface area (Å²) in [5.74, 6) is -0.221. The van der Waals surface area contributed by atoms with Gasteiger partial charge in [0.1, 0.15) is 5.82 Å². The van der Waals surface area contributed by atoms with Crippen LogP contribution < -0.4 is 10.6 Å². The number of halogens is 1. The smallest absolute Gasteiger partial charge is 0.148 e. The summed E-state index contributed by atoms with van der Waals surface area (Å²) in [6, 6.07) is 5.27. The minimum absolute atomic E-state index is 0.221. The number of nitrogen functional groups attached to an aromatic ring is 1. The summed E-state index contributed by atoms with van der Waals surface area (Å²) in [4.78, 5) is 4.43. The molecular weight excluding hydrogens is 217 g/mol. The average molecular weight is 237 g/mol. The van der Waals surface area contributed by atoms with E-state index in [0.29, 0.717) is 17.4 Å². The van der Waals surface area contributed by atoms with E-state index in [9.17, 15) is 4.39 Å². The standard InChI is InChI=1S/C13H20FN3/c1-10-9-16(2)6-3-7-17(10)13-5-4-11(15)8-12(13)14/h4-5,8,10H,3,6-7,9,15H2,1-2H3. The monoisotopic (exact) mass is 237 g/mol. The second-order valence-corrected chi connectivity index (χ2v) is 4.87. The lowest BCUT2D eigenvalue weighted by molar-refractivity contribution is 0.337. The van der Waals surface area contributed by atoms with Crippen molar-refractivity contribution >= 4 is 11.4 Å². The Morgan fingerprint density at radius 1 is 1.35 bits per heavy atom. The van der Waals surface area contributed by atoms with Crippen molar-refractivity contribution in [1.29, 1.82) is 0 Å². The third-order valence-corrected chi connectivity index (χ3v) is 3.33. The van der Waals surface area contributed by atoms with Gasteiger partial charge >= 0.3 is 0 Å². The van der Waals surface area contributed by atoms with E-state index in [4.69, 9.17) is 5.73 Å². The number of likely N-dealkylation sites (N-methyl/N-ethyl adjacent to an activating group) is 1. The summed E-state index contributed by atoms with van der Waals surface area (Å²) in [5.41, 5.74) is 6.72. The molecule has 0 bridgehead atoms. The van der Waals surface area contributed by atoms with Crippen molar-refractivity contribution in [2.75, 3.05) is 37.3 Å². The average Bonchev–Trinajstić information content (AvgIpc) is 2.40. The molecule has 2 rings (SSSR count). The largest absolute Gasteiger partial charge is 0.399 e. The molecule has 0 aromatic heterocycles. The summed E-state index contributed by atoms with van der Waals surface area (Å²) >= 11 is 0. The van der Waals surface area contributed by atoms with Gasteiger partial charge in [0, 0.05) is 24.8 Å². The molecule has 94 valence electrons. The highest BCUT2D eigenvalue weighted by Gasteiger charge is 2.21. The third-order valence-electron chi connectivity index (χ3n) is 3.33. The first-order valence-corrected chi connectivity index (χ1v) is 6.08. The van der Waals surface area contributed by atoms with E-state index in [1.165, 1.54) is 6.07 Å². The van der Waals surface area contributed by atoms with Crippen LogP contribution in [0, 0.1) is 5.82 Å². The fourth-order valence-electron chi connectivity index (χ4n) is 2.49. The summed E-state index contributed by atoms with van der Waals surface area (Å²) in [6.07, 6.45) is 1.06. The van der Waals surface area contributed by atoms with Crippen molar-refractivity contribution < 1.29 is 4.39 Å². The summed E-state index contributed by atoms with van der Waals surface area (Å²) < 4.78 is 13.9. The van der Waals surface area contributed by atoms with Crippen LogP contribution in [0.5, 0.6) is 0 Å². The van der Waals surface area contributed by atoms with Crippen LogP contribution in [0.3, 0.4) is 0 Å². The Balaban J connectivity index is 2.25. The molecule has 1 atom stereocenters. The fourth-order valence-corrected chi connectivity index (χ4v) is 2.49. The van der Waals surface area contributed by atoms with Gasteiger partial charge in [-0.15, -0.1) is 0 Å². The molecule has 0 radical (unpaired) electrons. The second-order valence-electron chi connectivity index (χ2n) is 4.87. The highest BCUT2D eigenvalue weighted by Crippen LogP contribution is 2.25. The maximum absolute atomic E-state index is 13.9. The highest BCUT2D eigenvalue weighted by molar-refractivity contribution is 5.55. The molecule has 1 saturated heterocycles. The molecule has 1 heterocycles. The van der Waals surface area contributed by atoms with E-state index in [-0.39, 0.29) is 5.82 Å². The van der Waals surface area contributed by atoms with E-state index in [1.54, 1.807) is 12.1 Å². The Kier molecular flexibility index (Phi) is 3.52. The molecule has 2 N–H and O–H groups in total. The molecule has 1 fully saturated rings. The molecule has 1 aromatic carbocycles. The molecule has 1 aromatic rings. The number of anilines is 2. The first-order valence-electron chi connectivity index (χ1n) is 6.08. The van der Waals surface area contributed by atoms with Crippen LogP contribution in [0.4, 0.5) is 15.8 Å². The van der Waals surface area contributed by atoms with Crippen LogP contribution in [0.25, 0.3) is 0 Å². The quantitative estimate of drug-likeness (QED) is 0.758. The van der Waals surface area contributed by atoms with E-state index in [1.807, 2.05) is 0 Å². The molecule has 1 unspecified atom stereocenters. The van der Waals surface area contributed by atoms with Crippen molar-refractivity contribution in [3.05, 3.63) is 24.0 Å². The van der Waals surface area contributed by atoms with Crippen LogP contribution >= 0.6 is 0 Å². The van der Waals surface area contributed by atoms with E-state index in [0.717, 1.165) is 26.1 Å². The third kappa shape index (κ3) is 2.69. The Hall–Kier alpha value is -1.29. The molecule has 0 aliphatic carbocycles. The molecule has 0 saturated carbocycles. The summed E-state index contributed by atoms with van der Waals surface area (Å²) in [7, 11) is 2.11. The number of nitrogens with two attached hydrogens (primary N) is 1. The van der Waals surface area contributed by atoms with Gasteiger partial charge in [-0.05, 0) is 45.1 Å². The first-order chi connectivity index (χ1) is 8.08. The lowest BCUT2D eigenvalue weighted by atomic mass is 10.2. The zero-order chi connectivity index (χ0) is 12.4. The van der Waals surface area contributed by atoms with Gasteiger partial charge in [0.05, 0.1) is 5.69 Å². The molecule has 1 aliphatic heterocycles. The van der Waals surface area contributed by atoms with E-state index >= 15 is 0 Å². The number of hydrogen-bond acceptors (Lipinski definition) is 3. The van der Waals surface area contributed by atoms with Crippen LogP contribution in [-0.4, -0.2) is 37.6 Å². The molecule has 17 heavy (non-hydrogen) atoms. The van der Waals surface area contributed by atoms with Gasteiger partial charge < -0.3 is 15.5 Å². The van der Waals surface area contributed by atoms with Crippen molar-refractivity contribution in [1.82, 2.24) is 4.90 Å². The maximum atomic E-state index is 13.9. The van der Waals surface area contributed by atoms with Crippen LogP contribution in [-0.2, 0) is 0 Å². The molecule has 0 spiro atoms. The predicted molar refractivity (Wildman–Crippen MR) is 69.7 cm³/mol. The zero-order valence-corrected chi connectivity index (χ0v) is 10.5. The molecule has 0 amide bonds. The summed E-state index contributed by atoms with van der Waals surface area (Å²) in [6.45, 7) is 5.06. The molecule has 1 aliphatic rings. The fraction of sp³-hybridized carbons (Fsp3) is 0.538. The normalized spacial score (nSPS) is 22.5. The second kappa shape index (κ2) is 4.92. The summed E-state index contributed by atoms with van der Waals surface area (Å²) in [5, 5.41) is 0. The van der Waals surface area contributed by atoms with Crippen molar-refractivity contribution in [2.45, 2.75) is 19.4 Å². The van der Waals surface area contributed by atoms with Crippen LogP contribution in [0.15, 0.2) is 18.2 Å². The van der Waals surface area contributed by atoms with Crippen LogP contribution in [0.2, 0.25) is 0 Å². The minimum Gasteiger partial charge on any atom is -0.399 e. The molecule has 3 nitrogen and oxygen atoms in total. The highest BCUT2D eigenvalue weighted by atomic mass is 19.1. The lowest BCUT2D eigenvalue weighted by Crippen LogP contribution is -2.38. The van der Waals surface area contributed by atoms with Crippen molar-refractivity contribution in [3.8, 4) is 0 Å². The van der Waals surface area contributed by atoms with E-state index in [2.05, 4.69) is 23.8 Å². The number of benzene rings is 1. The van der Waals surface area contributed by atoms with Crippen LogP contribution in [0.1, 0.15) is 13.3 Å². The van der Waals surface area contributed by atoms with Gasteiger partial charge in [-0.25, -0.2) is 4.39 Å². The lowest BCUT2D eigenvalue weighted by Gasteiger charge is -2.30. The Morgan fingerprint density at radius 2 is 2.12 bits per heavy atom. The van der Waals surface area contributed by atoms with E-state index < -0.39 is 0 Å². The Morgan fingerprint density at radius 3 is 2.82 bits per heavy atom. The van der Waals surface area contributed by atoms with Gasteiger partial charge in [-0.2, -0.15) is 0 Å². The molecular formula is C13H20FN3. The van der Waals surface area contributed by atoms with Gasteiger partial charge in [0.15, 0.2) is 0 Å². The zero-order valence-electron chi connectivity index (χ0n) is 10.5. The number of rotatable bonds is 1. The van der Waals surface area contributed by atoms with Crippen molar-refractivity contribution in [3.63, 3.8) is 0 Å². The number of nitrogens with zero attached hydrogens (tertiary/aromatic N) is 2. The SMILES string of the molecule is CC1CN(C)CCCN1c1ccc(N)cc1F. The first kappa shape index (κ1) is 12.2. The number of hydrogen-bond donors (Lipinski definition) is 1. The predicted octanol–water partition coefficient (Wildman–Crippen LogP) is 1.94. The topological polar surface area (TPSA) is 32.5 Å². The Bertz CT molecular complexity index is 394. The van der Waals surface area contributed by atoms with Gasteiger partial charge in [0.2, 0.25) is 0 Å². The van der Waals surface area contributed by atoms with Gasteiger partial charge in [-0.1, -0.05) is 0 Å². The van der Waals surface area contributed by atoms with Crippen molar-refractivity contribution in [2.24, 2.45) is 0 Å². The Labute approximate surface area is 102 Å².